The zero-order valence-corrected chi connectivity index (χ0v) is 13.0. The molecular weight excluding hydrogens is 248 g/mol. The summed E-state index contributed by atoms with van der Waals surface area (Å²) in [6.07, 6.45) is 3.33. The van der Waals surface area contributed by atoms with Gasteiger partial charge >= 0.3 is 0 Å². The number of anilines is 1. The van der Waals surface area contributed by atoms with Crippen molar-refractivity contribution >= 4 is 11.6 Å². The number of benzene rings is 1. The largest absolute Gasteiger partial charge is 0.399 e. The number of nitrogens with two attached hydrogens (primary N) is 1. The fraction of sp³-hybridized carbons (Fsp3) is 0.588. The van der Waals surface area contributed by atoms with Gasteiger partial charge < -0.3 is 11.1 Å². The van der Waals surface area contributed by atoms with Gasteiger partial charge in [-0.2, -0.15) is 0 Å². The topological polar surface area (TPSA) is 55.1 Å². The van der Waals surface area contributed by atoms with E-state index in [2.05, 4.69) is 19.2 Å². The maximum absolute atomic E-state index is 12.6. The Kier molecular flexibility index (Phi) is 3.81. The van der Waals surface area contributed by atoms with E-state index in [9.17, 15) is 4.79 Å². The first kappa shape index (κ1) is 14.9. The number of hydrogen-bond acceptors (Lipinski definition) is 2. The van der Waals surface area contributed by atoms with Crippen molar-refractivity contribution in [2.24, 2.45) is 5.41 Å². The number of hydrogen-bond donors (Lipinski definition) is 2. The predicted molar refractivity (Wildman–Crippen MR) is 83.4 cm³/mol. The molecular formula is C17H26N2O. The second-order valence-electron chi connectivity index (χ2n) is 7.32. The van der Waals surface area contributed by atoms with Crippen LogP contribution in [-0.4, -0.2) is 11.9 Å². The number of nitrogens with one attached hydrogen (secondary N) is 1. The van der Waals surface area contributed by atoms with E-state index in [4.69, 9.17) is 5.73 Å². The SMILES string of the molecule is CC1(C)CCC(NC(=O)C(C)(C)c2ccc(N)cc2)C1. The molecule has 20 heavy (non-hydrogen) atoms. The van der Waals surface area contributed by atoms with Crippen LogP contribution in [0.25, 0.3) is 0 Å². The van der Waals surface area contributed by atoms with Gasteiger partial charge in [-0.25, -0.2) is 0 Å². The van der Waals surface area contributed by atoms with Crippen LogP contribution in [0.5, 0.6) is 0 Å². The molecule has 1 aliphatic rings. The third kappa shape index (κ3) is 3.14. The van der Waals surface area contributed by atoms with Crippen LogP contribution in [0.2, 0.25) is 0 Å². The lowest BCUT2D eigenvalue weighted by Crippen LogP contribution is -2.44. The highest BCUT2D eigenvalue weighted by atomic mass is 16.2. The summed E-state index contributed by atoms with van der Waals surface area (Å²) in [7, 11) is 0. The Balaban J connectivity index is 2.06. The van der Waals surface area contributed by atoms with Crippen molar-refractivity contribution in [3.63, 3.8) is 0 Å². The fourth-order valence-electron chi connectivity index (χ4n) is 2.96. The minimum absolute atomic E-state index is 0.102. The van der Waals surface area contributed by atoms with Gasteiger partial charge in [0, 0.05) is 11.7 Å². The van der Waals surface area contributed by atoms with Crippen LogP contribution in [0.4, 0.5) is 5.69 Å². The van der Waals surface area contributed by atoms with Crippen LogP contribution < -0.4 is 11.1 Å². The van der Waals surface area contributed by atoms with Crippen LogP contribution in [0, 0.1) is 5.41 Å². The van der Waals surface area contributed by atoms with Crippen molar-refractivity contribution in [2.45, 2.75) is 58.4 Å². The lowest BCUT2D eigenvalue weighted by Gasteiger charge is -2.27. The molecule has 0 aromatic heterocycles. The Morgan fingerprint density at radius 1 is 1.30 bits per heavy atom. The van der Waals surface area contributed by atoms with Crippen LogP contribution in [0.1, 0.15) is 52.5 Å². The molecule has 3 nitrogen and oxygen atoms in total. The van der Waals surface area contributed by atoms with E-state index < -0.39 is 5.41 Å². The third-order valence-electron chi connectivity index (χ3n) is 4.50. The molecule has 1 atom stereocenters. The summed E-state index contributed by atoms with van der Waals surface area (Å²) >= 11 is 0. The van der Waals surface area contributed by atoms with Crippen molar-refractivity contribution in [3.8, 4) is 0 Å². The van der Waals surface area contributed by atoms with Crippen LogP contribution in [-0.2, 0) is 10.2 Å². The van der Waals surface area contributed by atoms with Gasteiger partial charge in [0.15, 0.2) is 0 Å². The van der Waals surface area contributed by atoms with Crippen molar-refractivity contribution < 1.29 is 4.79 Å². The molecule has 1 aromatic carbocycles. The summed E-state index contributed by atoms with van der Waals surface area (Å²) in [5.41, 5.74) is 7.26. The molecule has 0 spiro atoms. The second-order valence-corrected chi connectivity index (χ2v) is 7.32. The summed E-state index contributed by atoms with van der Waals surface area (Å²) in [5, 5.41) is 3.22. The van der Waals surface area contributed by atoms with Gasteiger partial charge in [-0.05, 0) is 56.2 Å². The van der Waals surface area contributed by atoms with Gasteiger partial charge in [-0.3, -0.25) is 4.79 Å². The number of nitrogen functional groups attached to an aromatic ring is 1. The first-order valence-corrected chi connectivity index (χ1v) is 7.38. The van der Waals surface area contributed by atoms with Crippen molar-refractivity contribution in [1.82, 2.24) is 5.32 Å². The Labute approximate surface area is 121 Å². The number of amides is 1. The van der Waals surface area contributed by atoms with E-state index >= 15 is 0 Å². The summed E-state index contributed by atoms with van der Waals surface area (Å²) < 4.78 is 0. The quantitative estimate of drug-likeness (QED) is 0.831. The molecule has 0 heterocycles. The molecule has 0 aliphatic heterocycles. The predicted octanol–water partition coefficient (Wildman–Crippen LogP) is 3.24. The first-order chi connectivity index (χ1) is 9.21. The third-order valence-corrected chi connectivity index (χ3v) is 4.50. The highest BCUT2D eigenvalue weighted by molar-refractivity contribution is 5.87. The standard InChI is InChI=1S/C17H26N2O/c1-16(2)10-9-14(11-16)19-15(20)17(3,4)12-5-7-13(18)8-6-12/h5-8,14H,9-11,18H2,1-4H3,(H,19,20). The maximum Gasteiger partial charge on any atom is 0.230 e. The van der Waals surface area contributed by atoms with Crippen LogP contribution in [0.3, 0.4) is 0 Å². The van der Waals surface area contributed by atoms with E-state index in [1.54, 1.807) is 0 Å². The Hall–Kier alpha value is -1.51. The first-order valence-electron chi connectivity index (χ1n) is 7.38. The molecule has 3 N–H and O–H groups in total. The molecule has 3 heteroatoms. The van der Waals surface area contributed by atoms with Crippen LogP contribution in [0.15, 0.2) is 24.3 Å². The van der Waals surface area contributed by atoms with Gasteiger partial charge in [0.1, 0.15) is 0 Å². The zero-order chi connectivity index (χ0) is 15.0. The molecule has 1 unspecified atom stereocenters. The minimum Gasteiger partial charge on any atom is -0.399 e. The number of carbonyl (C=O) groups is 1. The maximum atomic E-state index is 12.6. The zero-order valence-electron chi connectivity index (χ0n) is 13.0. The van der Waals surface area contributed by atoms with E-state index in [1.807, 2.05) is 38.1 Å². The monoisotopic (exact) mass is 274 g/mol. The Morgan fingerprint density at radius 2 is 1.90 bits per heavy atom. The second kappa shape index (κ2) is 5.12. The van der Waals surface area contributed by atoms with E-state index in [0.29, 0.717) is 11.5 Å². The molecule has 1 saturated carbocycles. The van der Waals surface area contributed by atoms with Gasteiger partial charge in [0.05, 0.1) is 5.41 Å². The molecule has 1 aromatic rings. The lowest BCUT2D eigenvalue weighted by atomic mass is 9.83. The molecule has 0 bridgehead atoms. The fourth-order valence-corrected chi connectivity index (χ4v) is 2.96. The molecule has 110 valence electrons. The van der Waals surface area contributed by atoms with Gasteiger partial charge in [0.2, 0.25) is 5.91 Å². The van der Waals surface area contributed by atoms with Crippen molar-refractivity contribution in [3.05, 3.63) is 29.8 Å². The van der Waals surface area contributed by atoms with E-state index in [1.165, 1.54) is 6.42 Å². The molecule has 0 radical (unpaired) electrons. The minimum atomic E-state index is -0.527. The molecule has 1 fully saturated rings. The molecule has 1 amide bonds. The Bertz CT molecular complexity index is 488. The van der Waals surface area contributed by atoms with Gasteiger partial charge in [-0.1, -0.05) is 26.0 Å². The summed E-state index contributed by atoms with van der Waals surface area (Å²) in [6.45, 7) is 8.47. The van der Waals surface area contributed by atoms with E-state index in [-0.39, 0.29) is 5.91 Å². The number of rotatable bonds is 3. The summed E-state index contributed by atoms with van der Waals surface area (Å²) in [4.78, 5) is 12.6. The normalized spacial score (nSPS) is 21.7. The lowest BCUT2D eigenvalue weighted by molar-refractivity contribution is -0.126. The van der Waals surface area contributed by atoms with Gasteiger partial charge in [0.25, 0.3) is 0 Å². The summed E-state index contributed by atoms with van der Waals surface area (Å²) in [6, 6.07) is 7.89. The highest BCUT2D eigenvalue weighted by Gasteiger charge is 2.36. The smallest absolute Gasteiger partial charge is 0.230 e. The van der Waals surface area contributed by atoms with Crippen molar-refractivity contribution in [2.75, 3.05) is 5.73 Å². The average Bonchev–Trinajstić information content (AvgIpc) is 2.69. The van der Waals surface area contributed by atoms with Crippen LogP contribution >= 0.6 is 0 Å². The van der Waals surface area contributed by atoms with Gasteiger partial charge in [-0.15, -0.1) is 0 Å². The van der Waals surface area contributed by atoms with E-state index in [0.717, 1.165) is 24.1 Å². The van der Waals surface area contributed by atoms with Crippen molar-refractivity contribution in [1.29, 1.82) is 0 Å². The molecule has 1 aliphatic carbocycles. The highest BCUT2D eigenvalue weighted by Crippen LogP contribution is 2.37. The molecule has 2 rings (SSSR count). The molecule has 0 saturated heterocycles. The average molecular weight is 274 g/mol. The number of carbonyl (C=O) groups excluding carboxylic acids is 1. The summed E-state index contributed by atoms with van der Waals surface area (Å²) in [5.74, 6) is 0.102. The Morgan fingerprint density at radius 3 is 2.40 bits per heavy atom.